The van der Waals surface area contributed by atoms with Gasteiger partial charge in [0.2, 0.25) is 0 Å². The Hall–Kier alpha value is -0.640. The second-order valence-electron chi connectivity index (χ2n) is 3.98. The molecule has 0 bridgehead atoms. The molecule has 2 atom stereocenters. The first kappa shape index (κ1) is 8.94. The van der Waals surface area contributed by atoms with Gasteiger partial charge < -0.3 is 4.57 Å². The molecule has 0 aliphatic heterocycles. The molecule has 3 nitrogen and oxygen atoms in total. The highest BCUT2D eigenvalue weighted by Gasteiger charge is 2.23. The molecule has 0 saturated heterocycles. The molecule has 1 N–H and O–H groups in total. The average molecular weight is 197 g/mol. The highest BCUT2D eigenvalue weighted by molar-refractivity contribution is 7.71. The van der Waals surface area contributed by atoms with E-state index in [1.807, 2.05) is 4.57 Å². The smallest absolute Gasteiger partial charge is 0.194 e. The summed E-state index contributed by atoms with van der Waals surface area (Å²) in [6.45, 7) is 3.37. The predicted octanol–water partition coefficient (Wildman–Crippen LogP) is 2.38. The van der Waals surface area contributed by atoms with E-state index in [9.17, 15) is 0 Å². The molecular weight excluding hydrogens is 182 g/mol. The Bertz CT molecular complexity index is 328. The fraction of sp³-hybridized carbons (Fsp3) is 0.778. The lowest BCUT2D eigenvalue weighted by Gasteiger charge is -2.14. The molecule has 1 aliphatic carbocycles. The number of nitrogens with one attached hydrogen (secondary N) is 1. The van der Waals surface area contributed by atoms with Crippen LogP contribution >= 0.6 is 12.2 Å². The van der Waals surface area contributed by atoms with E-state index in [-0.39, 0.29) is 0 Å². The molecule has 72 valence electrons. The summed E-state index contributed by atoms with van der Waals surface area (Å²) in [4.78, 5) is 0. The fourth-order valence-electron chi connectivity index (χ4n) is 2.15. The SMILES string of the molecule is CC1CCCC1Cn1cn[nH]c1=S. The van der Waals surface area contributed by atoms with E-state index < -0.39 is 0 Å². The van der Waals surface area contributed by atoms with Crippen LogP contribution in [0.15, 0.2) is 6.33 Å². The van der Waals surface area contributed by atoms with Gasteiger partial charge >= 0.3 is 0 Å². The van der Waals surface area contributed by atoms with Crippen molar-refractivity contribution in [1.82, 2.24) is 14.8 Å². The molecule has 0 radical (unpaired) electrons. The van der Waals surface area contributed by atoms with Crippen LogP contribution in [-0.2, 0) is 6.54 Å². The van der Waals surface area contributed by atoms with Gasteiger partial charge in [0.1, 0.15) is 6.33 Å². The lowest BCUT2D eigenvalue weighted by atomic mass is 9.98. The Kier molecular flexibility index (Phi) is 2.49. The summed E-state index contributed by atoms with van der Waals surface area (Å²) in [5.41, 5.74) is 0. The highest BCUT2D eigenvalue weighted by Crippen LogP contribution is 2.32. The third-order valence-electron chi connectivity index (χ3n) is 3.09. The van der Waals surface area contributed by atoms with Gasteiger partial charge in [0.05, 0.1) is 0 Å². The second-order valence-corrected chi connectivity index (χ2v) is 4.37. The summed E-state index contributed by atoms with van der Waals surface area (Å²) >= 11 is 5.10. The van der Waals surface area contributed by atoms with Gasteiger partial charge in [-0.05, 0) is 30.5 Å². The molecule has 1 aliphatic rings. The van der Waals surface area contributed by atoms with Gasteiger partial charge in [-0.3, -0.25) is 5.10 Å². The summed E-state index contributed by atoms with van der Waals surface area (Å²) in [5.74, 6) is 1.64. The second kappa shape index (κ2) is 3.62. The van der Waals surface area contributed by atoms with Crippen molar-refractivity contribution < 1.29 is 0 Å². The maximum atomic E-state index is 5.10. The summed E-state index contributed by atoms with van der Waals surface area (Å²) in [5, 5.41) is 6.71. The minimum absolute atomic E-state index is 0.749. The van der Waals surface area contributed by atoms with E-state index in [1.165, 1.54) is 19.3 Å². The standard InChI is InChI=1S/C9H15N3S/c1-7-3-2-4-8(7)5-12-6-10-11-9(12)13/h6-8H,2-5H2,1H3,(H,11,13). The topological polar surface area (TPSA) is 33.6 Å². The Morgan fingerprint density at radius 3 is 3.08 bits per heavy atom. The van der Waals surface area contributed by atoms with E-state index >= 15 is 0 Å². The van der Waals surface area contributed by atoms with Crippen molar-refractivity contribution in [1.29, 1.82) is 0 Å². The van der Waals surface area contributed by atoms with Crippen LogP contribution in [0.2, 0.25) is 0 Å². The van der Waals surface area contributed by atoms with Crippen LogP contribution in [0.3, 0.4) is 0 Å². The van der Waals surface area contributed by atoms with Gasteiger partial charge in [-0.25, -0.2) is 0 Å². The molecule has 13 heavy (non-hydrogen) atoms. The van der Waals surface area contributed by atoms with Crippen molar-refractivity contribution in [2.24, 2.45) is 11.8 Å². The van der Waals surface area contributed by atoms with E-state index in [2.05, 4.69) is 17.1 Å². The lowest BCUT2D eigenvalue weighted by Crippen LogP contribution is -2.12. The zero-order valence-corrected chi connectivity index (χ0v) is 8.68. The van der Waals surface area contributed by atoms with Gasteiger partial charge in [0, 0.05) is 6.54 Å². The van der Waals surface area contributed by atoms with Crippen LogP contribution in [-0.4, -0.2) is 14.8 Å². The van der Waals surface area contributed by atoms with Crippen LogP contribution < -0.4 is 0 Å². The van der Waals surface area contributed by atoms with Crippen molar-refractivity contribution in [2.45, 2.75) is 32.7 Å². The summed E-state index contributed by atoms with van der Waals surface area (Å²) in [6, 6.07) is 0. The van der Waals surface area contributed by atoms with Crippen LogP contribution in [0, 0.1) is 16.6 Å². The van der Waals surface area contributed by atoms with Crippen LogP contribution in [0.5, 0.6) is 0 Å². The average Bonchev–Trinajstić information content (AvgIpc) is 2.65. The number of aromatic nitrogens is 3. The van der Waals surface area contributed by atoms with Crippen LogP contribution in [0.4, 0.5) is 0 Å². The summed E-state index contributed by atoms with van der Waals surface area (Å²) in [7, 11) is 0. The molecule has 2 rings (SSSR count). The number of rotatable bonds is 2. The molecule has 1 aromatic rings. The van der Waals surface area contributed by atoms with Gasteiger partial charge in [0.25, 0.3) is 0 Å². The normalized spacial score (nSPS) is 28.1. The third kappa shape index (κ3) is 1.82. The van der Waals surface area contributed by atoms with Gasteiger partial charge in [-0.2, -0.15) is 5.10 Å². The van der Waals surface area contributed by atoms with Crippen LogP contribution in [0.1, 0.15) is 26.2 Å². The fourth-order valence-corrected chi connectivity index (χ4v) is 2.32. The molecule has 0 amide bonds. The van der Waals surface area contributed by atoms with Gasteiger partial charge in [0.15, 0.2) is 4.77 Å². The van der Waals surface area contributed by atoms with Crippen molar-refractivity contribution in [3.05, 3.63) is 11.1 Å². The number of hydrogen-bond donors (Lipinski definition) is 1. The first-order valence-corrected chi connectivity index (χ1v) is 5.28. The number of hydrogen-bond acceptors (Lipinski definition) is 2. The minimum atomic E-state index is 0.749. The minimum Gasteiger partial charge on any atom is -0.306 e. The quantitative estimate of drug-likeness (QED) is 0.738. The van der Waals surface area contributed by atoms with E-state index in [0.29, 0.717) is 0 Å². The Labute approximate surface area is 83.2 Å². The molecule has 1 saturated carbocycles. The highest BCUT2D eigenvalue weighted by atomic mass is 32.1. The molecule has 0 aromatic carbocycles. The van der Waals surface area contributed by atoms with Gasteiger partial charge in [-0.1, -0.05) is 19.8 Å². The van der Waals surface area contributed by atoms with Crippen molar-refractivity contribution in [2.75, 3.05) is 0 Å². The molecule has 2 unspecified atom stereocenters. The largest absolute Gasteiger partial charge is 0.306 e. The Balaban J connectivity index is 2.06. The maximum Gasteiger partial charge on any atom is 0.194 e. The Morgan fingerprint density at radius 1 is 1.69 bits per heavy atom. The summed E-state index contributed by atoms with van der Waals surface area (Å²) < 4.78 is 2.79. The maximum absolute atomic E-state index is 5.10. The molecule has 1 heterocycles. The van der Waals surface area contributed by atoms with E-state index in [1.54, 1.807) is 6.33 Å². The molecule has 4 heteroatoms. The van der Waals surface area contributed by atoms with Crippen LogP contribution in [0.25, 0.3) is 0 Å². The molecular formula is C9H15N3S. The molecule has 1 aromatic heterocycles. The van der Waals surface area contributed by atoms with Gasteiger partial charge in [-0.15, -0.1) is 0 Å². The summed E-state index contributed by atoms with van der Waals surface area (Å²) in [6.07, 6.45) is 5.88. The van der Waals surface area contributed by atoms with E-state index in [0.717, 1.165) is 23.2 Å². The zero-order chi connectivity index (χ0) is 9.26. The van der Waals surface area contributed by atoms with Crippen molar-refractivity contribution >= 4 is 12.2 Å². The first-order valence-electron chi connectivity index (χ1n) is 4.87. The number of aromatic amines is 1. The van der Waals surface area contributed by atoms with Crippen molar-refractivity contribution in [3.63, 3.8) is 0 Å². The number of nitrogens with zero attached hydrogens (tertiary/aromatic N) is 2. The van der Waals surface area contributed by atoms with Crippen molar-refractivity contribution in [3.8, 4) is 0 Å². The number of H-pyrrole nitrogens is 1. The molecule has 0 spiro atoms. The third-order valence-corrected chi connectivity index (χ3v) is 3.41. The lowest BCUT2D eigenvalue weighted by molar-refractivity contribution is 0.362. The van der Waals surface area contributed by atoms with E-state index in [4.69, 9.17) is 12.2 Å². The predicted molar refractivity (Wildman–Crippen MR) is 53.9 cm³/mol. The Morgan fingerprint density at radius 2 is 2.54 bits per heavy atom. The zero-order valence-electron chi connectivity index (χ0n) is 7.86. The molecule has 1 fully saturated rings. The monoisotopic (exact) mass is 197 g/mol. The first-order chi connectivity index (χ1) is 6.27.